The number of fused-ring (bicyclic) bond motifs is 1. The Morgan fingerprint density at radius 3 is 2.59 bits per heavy atom. The van der Waals surface area contributed by atoms with Gasteiger partial charge in [0, 0.05) is 35.2 Å². The lowest BCUT2D eigenvalue weighted by Gasteiger charge is -2.21. The molecule has 1 aliphatic rings. The first kappa shape index (κ1) is 22.0. The molecule has 9 nitrogen and oxygen atoms in total. The van der Waals surface area contributed by atoms with E-state index in [4.69, 9.17) is 26.6 Å². The predicted octanol–water partition coefficient (Wildman–Crippen LogP) is 2.53. The third-order valence-corrected chi connectivity index (χ3v) is 4.38. The molecule has 0 spiro atoms. The van der Waals surface area contributed by atoms with E-state index in [1.54, 1.807) is 31.6 Å². The third kappa shape index (κ3) is 6.65. The van der Waals surface area contributed by atoms with Gasteiger partial charge in [-0.25, -0.2) is 14.6 Å². The molecule has 1 amide bonds. The van der Waals surface area contributed by atoms with E-state index in [0.29, 0.717) is 35.0 Å². The number of benzene rings is 1. The average molecular weight is 422 g/mol. The molecule has 0 fully saturated rings. The van der Waals surface area contributed by atoms with Gasteiger partial charge in [-0.15, -0.1) is 0 Å². The minimum Gasteiger partial charge on any atom is -0.495 e. The minimum absolute atomic E-state index is 0.0178. The van der Waals surface area contributed by atoms with Crippen LogP contribution >= 0.6 is 11.6 Å². The monoisotopic (exact) mass is 421 g/mol. The van der Waals surface area contributed by atoms with Crippen molar-refractivity contribution >= 4 is 35.1 Å². The van der Waals surface area contributed by atoms with E-state index in [1.807, 2.05) is 0 Å². The number of hydrogen-bond acceptors (Lipinski definition) is 5. The summed E-state index contributed by atoms with van der Waals surface area (Å²) in [6.45, 7) is 0. The van der Waals surface area contributed by atoms with Crippen LogP contribution in [0.2, 0.25) is 5.02 Å². The zero-order valence-corrected chi connectivity index (χ0v) is 16.3. The van der Waals surface area contributed by atoms with Crippen LogP contribution < -0.4 is 10.1 Å². The van der Waals surface area contributed by atoms with Crippen LogP contribution in [0.1, 0.15) is 17.8 Å². The summed E-state index contributed by atoms with van der Waals surface area (Å²) in [5.74, 6) is -2.00. The van der Waals surface area contributed by atoms with Gasteiger partial charge in [0.15, 0.2) is 0 Å². The summed E-state index contributed by atoms with van der Waals surface area (Å²) in [6, 6.07) is 5.17. The number of aromatic amines is 1. The fourth-order valence-electron chi connectivity index (χ4n) is 2.78. The first-order valence-corrected chi connectivity index (χ1v) is 8.97. The van der Waals surface area contributed by atoms with Gasteiger partial charge in [0.2, 0.25) is 5.91 Å². The number of halogens is 1. The van der Waals surface area contributed by atoms with Crippen molar-refractivity contribution in [1.29, 1.82) is 0 Å². The molecule has 1 aromatic heterocycles. The standard InChI is InChI=1S/C15H16ClN3O2.C4H4O4/c1-21-14-5-3-10(16)7-13(14)19-15(20)9-2-4-11-12(6-9)18-8-17-11;5-3(6)1-2-4(7)8/h3,5,7-9H,2,4,6H2,1H3,(H,17,18)(H,19,20);1-2H,(H,5,6)(H,7,8)/b;2-1+. The second-order valence-electron chi connectivity index (χ2n) is 6.11. The van der Waals surface area contributed by atoms with Gasteiger partial charge in [0.1, 0.15) is 5.75 Å². The van der Waals surface area contributed by atoms with Crippen LogP contribution in [0.15, 0.2) is 36.7 Å². The Bertz CT molecular complexity index is 908. The van der Waals surface area contributed by atoms with Gasteiger partial charge in [-0.1, -0.05) is 11.6 Å². The van der Waals surface area contributed by atoms with E-state index in [9.17, 15) is 14.4 Å². The highest BCUT2D eigenvalue weighted by Gasteiger charge is 2.26. The Hall–Kier alpha value is -3.33. The summed E-state index contributed by atoms with van der Waals surface area (Å²) in [4.78, 5) is 38.9. The number of ether oxygens (including phenoxy) is 1. The van der Waals surface area contributed by atoms with Gasteiger partial charge >= 0.3 is 11.9 Å². The van der Waals surface area contributed by atoms with Crippen LogP contribution in [-0.4, -0.2) is 45.1 Å². The normalized spacial score (nSPS) is 15.0. The zero-order valence-electron chi connectivity index (χ0n) is 15.5. The molecule has 0 radical (unpaired) electrons. The highest BCUT2D eigenvalue weighted by molar-refractivity contribution is 6.31. The molecular formula is C19H20ClN3O6. The average Bonchev–Trinajstić information content (AvgIpc) is 3.15. The molecule has 29 heavy (non-hydrogen) atoms. The Kier molecular flexibility index (Phi) is 7.79. The number of aryl methyl sites for hydroxylation is 1. The number of carboxylic acid groups (broad SMARTS) is 2. The van der Waals surface area contributed by atoms with E-state index >= 15 is 0 Å². The molecule has 1 aromatic carbocycles. The fraction of sp³-hybridized carbons (Fsp3) is 0.263. The molecule has 10 heteroatoms. The molecule has 1 aliphatic carbocycles. The van der Waals surface area contributed by atoms with E-state index in [0.717, 1.165) is 24.2 Å². The molecule has 4 N–H and O–H groups in total. The second-order valence-corrected chi connectivity index (χ2v) is 6.55. The van der Waals surface area contributed by atoms with E-state index in [1.165, 1.54) is 0 Å². The van der Waals surface area contributed by atoms with E-state index in [-0.39, 0.29) is 11.8 Å². The predicted molar refractivity (Wildman–Crippen MR) is 105 cm³/mol. The zero-order chi connectivity index (χ0) is 21.4. The number of amides is 1. The Morgan fingerprint density at radius 2 is 1.97 bits per heavy atom. The van der Waals surface area contributed by atoms with Crippen LogP contribution in [0, 0.1) is 5.92 Å². The smallest absolute Gasteiger partial charge is 0.328 e. The molecule has 1 unspecified atom stereocenters. The topological polar surface area (TPSA) is 142 Å². The molecule has 3 rings (SSSR count). The molecule has 2 aromatic rings. The van der Waals surface area contributed by atoms with Crippen molar-refractivity contribution in [2.75, 3.05) is 12.4 Å². The van der Waals surface area contributed by atoms with Gasteiger partial charge in [-0.2, -0.15) is 0 Å². The molecule has 1 heterocycles. The summed E-state index contributed by atoms with van der Waals surface area (Å²) in [5, 5.41) is 19.1. The highest BCUT2D eigenvalue weighted by Crippen LogP contribution is 2.30. The fourth-order valence-corrected chi connectivity index (χ4v) is 2.95. The van der Waals surface area contributed by atoms with E-state index in [2.05, 4.69) is 15.3 Å². The van der Waals surface area contributed by atoms with Gasteiger partial charge in [0.05, 0.1) is 24.8 Å². The van der Waals surface area contributed by atoms with Crippen molar-refractivity contribution in [3.63, 3.8) is 0 Å². The Morgan fingerprint density at radius 1 is 1.28 bits per heavy atom. The van der Waals surface area contributed by atoms with Crippen LogP contribution in [0.4, 0.5) is 5.69 Å². The third-order valence-electron chi connectivity index (χ3n) is 4.15. The summed E-state index contributed by atoms with van der Waals surface area (Å²) < 4.78 is 5.24. The van der Waals surface area contributed by atoms with Crippen molar-refractivity contribution in [2.24, 2.45) is 5.92 Å². The molecule has 0 saturated heterocycles. The van der Waals surface area contributed by atoms with Crippen molar-refractivity contribution < 1.29 is 29.3 Å². The first-order chi connectivity index (χ1) is 13.8. The number of carboxylic acids is 2. The van der Waals surface area contributed by atoms with Crippen molar-refractivity contribution in [1.82, 2.24) is 9.97 Å². The van der Waals surface area contributed by atoms with Crippen LogP contribution in [0.25, 0.3) is 0 Å². The number of nitrogens with one attached hydrogen (secondary N) is 2. The van der Waals surface area contributed by atoms with Crippen molar-refractivity contribution in [3.05, 3.63) is 53.1 Å². The Labute approximate surface area is 171 Å². The molecular weight excluding hydrogens is 402 g/mol. The largest absolute Gasteiger partial charge is 0.495 e. The summed E-state index contributed by atoms with van der Waals surface area (Å²) in [7, 11) is 1.57. The number of anilines is 1. The number of aliphatic carboxylic acids is 2. The highest BCUT2D eigenvalue weighted by atomic mass is 35.5. The van der Waals surface area contributed by atoms with E-state index < -0.39 is 11.9 Å². The van der Waals surface area contributed by atoms with Crippen molar-refractivity contribution in [2.45, 2.75) is 19.3 Å². The summed E-state index contributed by atoms with van der Waals surface area (Å²) in [5.41, 5.74) is 2.73. The lowest BCUT2D eigenvalue weighted by atomic mass is 9.89. The lowest BCUT2D eigenvalue weighted by Crippen LogP contribution is -2.28. The maximum absolute atomic E-state index is 12.4. The maximum Gasteiger partial charge on any atom is 0.328 e. The number of carbonyl (C=O) groups excluding carboxylic acids is 1. The number of rotatable bonds is 5. The number of hydrogen-bond donors (Lipinski definition) is 4. The molecule has 0 aliphatic heterocycles. The van der Waals surface area contributed by atoms with Gasteiger partial charge in [0.25, 0.3) is 0 Å². The summed E-state index contributed by atoms with van der Waals surface area (Å²) in [6.07, 6.45) is 5.11. The van der Waals surface area contributed by atoms with Gasteiger partial charge < -0.3 is 25.3 Å². The number of H-pyrrole nitrogens is 1. The van der Waals surface area contributed by atoms with Crippen LogP contribution in [-0.2, 0) is 27.2 Å². The van der Waals surface area contributed by atoms with Gasteiger partial charge in [-0.3, -0.25) is 4.79 Å². The van der Waals surface area contributed by atoms with Crippen LogP contribution in [0.3, 0.4) is 0 Å². The lowest BCUT2D eigenvalue weighted by molar-refractivity contribution is -0.134. The Balaban J connectivity index is 0.000000321. The first-order valence-electron chi connectivity index (χ1n) is 8.59. The number of aromatic nitrogens is 2. The SMILES string of the molecule is COc1ccc(Cl)cc1NC(=O)C1CCc2nc[nH]c2C1.O=C(O)/C=C/C(=O)O. The number of nitrogens with zero attached hydrogens (tertiary/aromatic N) is 1. The van der Waals surface area contributed by atoms with Crippen molar-refractivity contribution in [3.8, 4) is 5.75 Å². The van der Waals surface area contributed by atoms with Crippen LogP contribution in [0.5, 0.6) is 5.75 Å². The molecule has 154 valence electrons. The molecule has 0 bridgehead atoms. The maximum atomic E-state index is 12.4. The number of imidazole rings is 1. The quantitative estimate of drug-likeness (QED) is 0.543. The molecule has 0 saturated carbocycles. The number of carbonyl (C=O) groups is 3. The number of methoxy groups -OCH3 is 1. The minimum atomic E-state index is -1.26. The molecule has 1 atom stereocenters. The second kappa shape index (κ2) is 10.3. The summed E-state index contributed by atoms with van der Waals surface area (Å²) >= 11 is 5.98. The van der Waals surface area contributed by atoms with Gasteiger partial charge in [-0.05, 0) is 31.0 Å².